The van der Waals surface area contributed by atoms with Crippen LogP contribution in [0.15, 0.2) is 32.1 Å². The van der Waals surface area contributed by atoms with E-state index in [4.69, 9.17) is 11.6 Å². The third-order valence-electron chi connectivity index (χ3n) is 1.88. The Balaban J connectivity index is 2.36. The van der Waals surface area contributed by atoms with Crippen LogP contribution in [0.1, 0.15) is 4.88 Å². The van der Waals surface area contributed by atoms with Crippen LogP contribution in [0.5, 0.6) is 0 Å². The number of thiophene rings is 1. The first-order valence-electron chi connectivity index (χ1n) is 4.23. The molecule has 0 N–H and O–H groups in total. The van der Waals surface area contributed by atoms with Crippen molar-refractivity contribution in [3.63, 3.8) is 0 Å². The van der Waals surface area contributed by atoms with E-state index in [1.165, 1.54) is 16.0 Å². The van der Waals surface area contributed by atoms with Crippen molar-refractivity contribution in [1.82, 2.24) is 9.78 Å². The summed E-state index contributed by atoms with van der Waals surface area (Å²) in [5, 5.41) is 4.03. The Morgan fingerprint density at radius 2 is 2.19 bits per heavy atom. The quantitative estimate of drug-likeness (QED) is 0.794. The van der Waals surface area contributed by atoms with Gasteiger partial charge < -0.3 is 0 Å². The highest BCUT2D eigenvalue weighted by Gasteiger charge is 2.07. The van der Waals surface area contributed by atoms with Gasteiger partial charge in [-0.1, -0.05) is 11.6 Å². The van der Waals surface area contributed by atoms with E-state index >= 15 is 0 Å². The van der Waals surface area contributed by atoms with Crippen LogP contribution in [-0.2, 0) is 6.54 Å². The Morgan fingerprint density at radius 1 is 1.44 bits per heavy atom. The lowest BCUT2D eigenvalue weighted by atomic mass is 10.4. The molecule has 0 radical (unpaired) electrons. The van der Waals surface area contributed by atoms with E-state index in [-0.39, 0.29) is 5.56 Å². The zero-order chi connectivity index (χ0) is 11.7. The van der Waals surface area contributed by atoms with E-state index in [0.717, 1.165) is 4.88 Å². The minimum absolute atomic E-state index is 0.168. The number of hydrogen-bond acceptors (Lipinski definition) is 3. The number of nitrogens with zero attached hydrogens (tertiary/aromatic N) is 2. The number of halogens is 3. The summed E-state index contributed by atoms with van der Waals surface area (Å²) in [4.78, 5) is 12.8. The number of hydrogen-bond donors (Lipinski definition) is 0. The molecule has 84 valence electrons. The monoisotopic (exact) mass is 382 g/mol. The fourth-order valence-corrected chi connectivity index (χ4v) is 2.78. The average Bonchev–Trinajstić information content (AvgIpc) is 2.65. The van der Waals surface area contributed by atoms with E-state index in [2.05, 4.69) is 37.0 Å². The van der Waals surface area contributed by atoms with Gasteiger partial charge in [-0.05, 0) is 44.0 Å². The van der Waals surface area contributed by atoms with E-state index in [1.54, 1.807) is 12.3 Å². The number of rotatable bonds is 2. The van der Waals surface area contributed by atoms with Gasteiger partial charge in [-0.25, -0.2) is 4.68 Å². The average molecular weight is 384 g/mol. The van der Waals surface area contributed by atoms with E-state index < -0.39 is 0 Å². The predicted molar refractivity (Wildman–Crippen MR) is 72.3 cm³/mol. The standard InChI is InChI=1S/C9H5Br2ClN2OS/c10-6-3-13-14(9(15)8(6)11)4-5-1-2-7(12)16-5/h1-3H,4H2. The molecule has 0 saturated heterocycles. The van der Waals surface area contributed by atoms with Crippen LogP contribution in [0.3, 0.4) is 0 Å². The van der Waals surface area contributed by atoms with Gasteiger partial charge in [0.15, 0.2) is 0 Å². The summed E-state index contributed by atoms with van der Waals surface area (Å²) in [6.07, 6.45) is 1.58. The second kappa shape index (κ2) is 5.00. The van der Waals surface area contributed by atoms with Crippen molar-refractivity contribution < 1.29 is 0 Å². The van der Waals surface area contributed by atoms with Crippen molar-refractivity contribution in [2.75, 3.05) is 0 Å². The van der Waals surface area contributed by atoms with Gasteiger partial charge in [0.05, 0.1) is 21.6 Å². The summed E-state index contributed by atoms with van der Waals surface area (Å²) in [7, 11) is 0. The third kappa shape index (κ3) is 2.56. The molecule has 3 nitrogen and oxygen atoms in total. The Bertz CT molecular complexity index is 581. The van der Waals surface area contributed by atoms with Crippen LogP contribution in [0, 0.1) is 0 Å². The minimum atomic E-state index is -0.168. The minimum Gasteiger partial charge on any atom is -0.266 e. The molecule has 2 aromatic rings. The molecule has 0 aliphatic heterocycles. The van der Waals surface area contributed by atoms with Crippen molar-refractivity contribution >= 4 is 54.8 Å². The highest BCUT2D eigenvalue weighted by atomic mass is 79.9. The summed E-state index contributed by atoms with van der Waals surface area (Å²) < 4.78 is 3.22. The molecule has 0 saturated carbocycles. The molecule has 0 fully saturated rings. The van der Waals surface area contributed by atoms with Crippen LogP contribution in [0.2, 0.25) is 4.34 Å². The van der Waals surface area contributed by atoms with Gasteiger partial charge in [-0.15, -0.1) is 11.3 Å². The van der Waals surface area contributed by atoms with Crippen LogP contribution in [0.4, 0.5) is 0 Å². The van der Waals surface area contributed by atoms with Crippen molar-refractivity contribution in [3.8, 4) is 0 Å². The smallest absolute Gasteiger partial charge is 0.266 e. The topological polar surface area (TPSA) is 34.9 Å². The van der Waals surface area contributed by atoms with E-state index in [9.17, 15) is 4.79 Å². The van der Waals surface area contributed by atoms with Crippen LogP contribution in [-0.4, -0.2) is 9.78 Å². The maximum atomic E-state index is 11.8. The van der Waals surface area contributed by atoms with Crippen LogP contribution < -0.4 is 5.56 Å². The molecule has 7 heteroatoms. The summed E-state index contributed by atoms with van der Waals surface area (Å²) in [5.41, 5.74) is -0.168. The zero-order valence-electron chi connectivity index (χ0n) is 7.78. The summed E-state index contributed by atoms with van der Waals surface area (Å²) in [6.45, 7) is 0.433. The van der Waals surface area contributed by atoms with E-state index in [0.29, 0.717) is 19.8 Å². The molecule has 0 aliphatic rings. The molecule has 2 aromatic heterocycles. The molecule has 0 spiro atoms. The molecule has 0 aromatic carbocycles. The van der Waals surface area contributed by atoms with Crippen molar-refractivity contribution in [2.24, 2.45) is 0 Å². The van der Waals surface area contributed by atoms with Gasteiger partial charge in [0.1, 0.15) is 4.47 Å². The highest BCUT2D eigenvalue weighted by Crippen LogP contribution is 2.22. The third-order valence-corrected chi connectivity index (χ3v) is 4.99. The SMILES string of the molecule is O=c1c(Br)c(Br)cnn1Cc1ccc(Cl)s1. The van der Waals surface area contributed by atoms with Gasteiger partial charge in [0.2, 0.25) is 0 Å². The summed E-state index contributed by atoms with van der Waals surface area (Å²) in [6, 6.07) is 3.69. The second-order valence-corrected chi connectivity index (χ2v) is 6.42. The Labute approximate surface area is 117 Å². The molecule has 16 heavy (non-hydrogen) atoms. The molecule has 2 heterocycles. The number of aromatic nitrogens is 2. The van der Waals surface area contributed by atoms with Crippen LogP contribution >= 0.6 is 54.8 Å². The first-order valence-corrected chi connectivity index (χ1v) is 7.01. The fraction of sp³-hybridized carbons (Fsp3) is 0.111. The highest BCUT2D eigenvalue weighted by molar-refractivity contribution is 9.13. The molecular formula is C9H5Br2ClN2OS. The maximum absolute atomic E-state index is 11.8. The molecule has 0 atom stereocenters. The first kappa shape index (κ1) is 12.3. The Hall–Kier alpha value is -0.170. The Kier molecular flexibility index (Phi) is 3.84. The Morgan fingerprint density at radius 3 is 2.81 bits per heavy atom. The fourth-order valence-electron chi connectivity index (χ4n) is 1.14. The molecule has 0 aliphatic carbocycles. The molecule has 0 unspecified atom stereocenters. The van der Waals surface area contributed by atoms with Crippen LogP contribution in [0.25, 0.3) is 0 Å². The first-order chi connectivity index (χ1) is 7.58. The zero-order valence-corrected chi connectivity index (χ0v) is 12.5. The van der Waals surface area contributed by atoms with Gasteiger partial charge in [-0.2, -0.15) is 5.10 Å². The molecule has 0 bridgehead atoms. The molecule has 2 rings (SSSR count). The van der Waals surface area contributed by atoms with Gasteiger partial charge in [-0.3, -0.25) is 4.79 Å². The van der Waals surface area contributed by atoms with Crippen molar-refractivity contribution in [2.45, 2.75) is 6.54 Å². The second-order valence-electron chi connectivity index (χ2n) is 2.98. The van der Waals surface area contributed by atoms with Gasteiger partial charge >= 0.3 is 0 Å². The van der Waals surface area contributed by atoms with Crippen molar-refractivity contribution in [1.29, 1.82) is 0 Å². The largest absolute Gasteiger partial charge is 0.282 e. The lowest BCUT2D eigenvalue weighted by molar-refractivity contribution is 0.639. The lowest BCUT2D eigenvalue weighted by Crippen LogP contribution is -2.23. The lowest BCUT2D eigenvalue weighted by Gasteiger charge is -2.03. The van der Waals surface area contributed by atoms with Gasteiger partial charge in [0.25, 0.3) is 5.56 Å². The predicted octanol–water partition coefficient (Wildman–Crippen LogP) is 3.53. The van der Waals surface area contributed by atoms with Gasteiger partial charge in [0, 0.05) is 4.88 Å². The summed E-state index contributed by atoms with van der Waals surface area (Å²) in [5.74, 6) is 0. The maximum Gasteiger partial charge on any atom is 0.282 e. The molecular weight excluding hydrogens is 379 g/mol. The normalized spacial score (nSPS) is 10.7. The summed E-state index contributed by atoms with van der Waals surface area (Å²) >= 11 is 13.7. The van der Waals surface area contributed by atoms with E-state index in [1.807, 2.05) is 6.07 Å². The molecule has 0 amide bonds. The van der Waals surface area contributed by atoms with Crippen molar-refractivity contribution in [3.05, 3.63) is 46.8 Å².